The first-order valence-electron chi connectivity index (χ1n) is 6.75. The average molecular weight is 279 g/mol. The number of aromatic nitrogens is 1. The second kappa shape index (κ2) is 8.14. The molecule has 0 saturated heterocycles. The van der Waals surface area contributed by atoms with E-state index in [1.165, 1.54) is 0 Å². The summed E-state index contributed by atoms with van der Waals surface area (Å²) in [6.45, 7) is 4.26. The zero-order chi connectivity index (χ0) is 15.0. The molecule has 1 aromatic rings. The van der Waals surface area contributed by atoms with Crippen LogP contribution in [0.2, 0.25) is 0 Å². The van der Waals surface area contributed by atoms with Gasteiger partial charge in [0.15, 0.2) is 0 Å². The van der Waals surface area contributed by atoms with Crippen molar-refractivity contribution in [1.29, 1.82) is 0 Å². The number of urea groups is 1. The first-order valence-corrected chi connectivity index (χ1v) is 6.75. The fraction of sp³-hybridized carbons (Fsp3) is 0.500. The fourth-order valence-electron chi connectivity index (χ4n) is 1.80. The molecule has 110 valence electrons. The molecule has 0 aliphatic rings. The maximum absolute atomic E-state index is 11.6. The molecule has 2 amide bonds. The van der Waals surface area contributed by atoms with Crippen LogP contribution in [0, 0.1) is 5.92 Å². The molecule has 20 heavy (non-hydrogen) atoms. The van der Waals surface area contributed by atoms with Gasteiger partial charge in [0.1, 0.15) is 0 Å². The van der Waals surface area contributed by atoms with Crippen molar-refractivity contribution in [3.05, 3.63) is 29.6 Å². The second-order valence-corrected chi connectivity index (χ2v) is 4.47. The van der Waals surface area contributed by atoms with E-state index in [-0.39, 0.29) is 12.6 Å². The van der Waals surface area contributed by atoms with Crippen LogP contribution in [0.1, 0.15) is 31.5 Å². The van der Waals surface area contributed by atoms with Crippen LogP contribution >= 0.6 is 0 Å². The predicted molar refractivity (Wildman–Crippen MR) is 75.3 cm³/mol. The Kier molecular flexibility index (Phi) is 6.49. The molecule has 1 unspecified atom stereocenters. The van der Waals surface area contributed by atoms with Gasteiger partial charge in [0.2, 0.25) is 0 Å². The van der Waals surface area contributed by atoms with Crippen molar-refractivity contribution in [2.24, 2.45) is 5.92 Å². The first kappa shape index (κ1) is 15.9. The van der Waals surface area contributed by atoms with Crippen molar-refractivity contribution < 1.29 is 14.7 Å². The number of carboxylic acid groups (broad SMARTS) is 1. The van der Waals surface area contributed by atoms with Gasteiger partial charge in [-0.25, -0.2) is 4.79 Å². The number of hydrogen-bond acceptors (Lipinski definition) is 3. The number of nitrogens with one attached hydrogen (secondary N) is 2. The number of carbonyl (C=O) groups excluding carboxylic acids is 1. The van der Waals surface area contributed by atoms with Crippen molar-refractivity contribution >= 4 is 12.0 Å². The van der Waals surface area contributed by atoms with Gasteiger partial charge in [-0.15, -0.1) is 0 Å². The number of rotatable bonds is 7. The molecule has 3 N–H and O–H groups in total. The summed E-state index contributed by atoms with van der Waals surface area (Å²) in [5, 5.41) is 14.1. The summed E-state index contributed by atoms with van der Waals surface area (Å²) >= 11 is 0. The summed E-state index contributed by atoms with van der Waals surface area (Å²) in [5.74, 6) is -1.45. The Bertz CT molecular complexity index is 463. The second-order valence-electron chi connectivity index (χ2n) is 4.47. The van der Waals surface area contributed by atoms with Crippen molar-refractivity contribution in [3.63, 3.8) is 0 Å². The van der Waals surface area contributed by atoms with E-state index >= 15 is 0 Å². The summed E-state index contributed by atoms with van der Waals surface area (Å²) in [6, 6.07) is 3.46. The van der Waals surface area contributed by atoms with Gasteiger partial charge in [-0.1, -0.05) is 19.9 Å². The zero-order valence-corrected chi connectivity index (χ0v) is 11.8. The van der Waals surface area contributed by atoms with E-state index in [2.05, 4.69) is 15.6 Å². The lowest BCUT2D eigenvalue weighted by molar-refractivity contribution is -0.141. The molecule has 0 fully saturated rings. The lowest BCUT2D eigenvalue weighted by Gasteiger charge is -2.12. The van der Waals surface area contributed by atoms with Crippen LogP contribution in [0.25, 0.3) is 0 Å². The third-order valence-corrected chi connectivity index (χ3v) is 3.13. The Labute approximate surface area is 118 Å². The van der Waals surface area contributed by atoms with E-state index in [1.807, 2.05) is 19.1 Å². The Morgan fingerprint density at radius 3 is 2.70 bits per heavy atom. The standard InChI is InChI=1S/C14H21N3O3/c1-3-10-6-5-7-15-12(10)9-17-14(20)16-8-11(4-2)13(18)19/h5-7,11H,3-4,8-9H2,1-2H3,(H,18,19)(H2,16,17,20). The Morgan fingerprint density at radius 1 is 1.35 bits per heavy atom. The average Bonchev–Trinajstić information content (AvgIpc) is 2.45. The Hall–Kier alpha value is -2.11. The van der Waals surface area contributed by atoms with Gasteiger partial charge in [0, 0.05) is 12.7 Å². The SMILES string of the molecule is CCc1cccnc1CNC(=O)NCC(CC)C(=O)O. The van der Waals surface area contributed by atoms with Crippen molar-refractivity contribution in [2.75, 3.05) is 6.54 Å². The van der Waals surface area contributed by atoms with Crippen LogP contribution in [0.4, 0.5) is 4.79 Å². The maximum atomic E-state index is 11.6. The molecule has 0 aliphatic carbocycles. The Balaban J connectivity index is 2.42. The van der Waals surface area contributed by atoms with E-state index in [0.717, 1.165) is 17.7 Å². The molecule has 0 aromatic carbocycles. The molecule has 0 aliphatic heterocycles. The molecular formula is C14H21N3O3. The highest BCUT2D eigenvalue weighted by Crippen LogP contribution is 2.05. The van der Waals surface area contributed by atoms with Crippen LogP contribution in [-0.4, -0.2) is 28.6 Å². The van der Waals surface area contributed by atoms with E-state index in [1.54, 1.807) is 13.1 Å². The minimum Gasteiger partial charge on any atom is -0.481 e. The summed E-state index contributed by atoms with van der Waals surface area (Å²) in [5.41, 5.74) is 1.92. The monoisotopic (exact) mass is 279 g/mol. The van der Waals surface area contributed by atoms with Gasteiger partial charge in [-0.2, -0.15) is 0 Å². The third kappa shape index (κ3) is 4.87. The number of carboxylic acids is 1. The van der Waals surface area contributed by atoms with Crippen LogP contribution in [-0.2, 0) is 17.8 Å². The number of aliphatic carboxylic acids is 1. The van der Waals surface area contributed by atoms with E-state index in [0.29, 0.717) is 13.0 Å². The van der Waals surface area contributed by atoms with Gasteiger partial charge in [0.05, 0.1) is 18.2 Å². The van der Waals surface area contributed by atoms with Crippen LogP contribution in [0.3, 0.4) is 0 Å². The highest BCUT2D eigenvalue weighted by molar-refractivity contribution is 5.75. The zero-order valence-electron chi connectivity index (χ0n) is 11.8. The molecule has 1 rings (SSSR count). The van der Waals surface area contributed by atoms with E-state index in [4.69, 9.17) is 5.11 Å². The fourth-order valence-corrected chi connectivity index (χ4v) is 1.80. The number of pyridine rings is 1. The minimum atomic E-state index is -0.897. The number of carbonyl (C=O) groups is 2. The topological polar surface area (TPSA) is 91.3 Å². The number of hydrogen-bond donors (Lipinski definition) is 3. The molecule has 0 bridgehead atoms. The highest BCUT2D eigenvalue weighted by atomic mass is 16.4. The molecule has 0 saturated carbocycles. The van der Waals surface area contributed by atoms with Gasteiger partial charge >= 0.3 is 12.0 Å². The van der Waals surface area contributed by atoms with Gasteiger partial charge in [-0.3, -0.25) is 9.78 Å². The largest absolute Gasteiger partial charge is 0.481 e. The van der Waals surface area contributed by atoms with E-state index < -0.39 is 11.9 Å². The number of aryl methyl sites for hydroxylation is 1. The molecular weight excluding hydrogens is 258 g/mol. The van der Waals surface area contributed by atoms with Crippen LogP contribution in [0.15, 0.2) is 18.3 Å². The number of amides is 2. The molecule has 0 radical (unpaired) electrons. The summed E-state index contributed by atoms with van der Waals surface area (Å²) in [7, 11) is 0. The smallest absolute Gasteiger partial charge is 0.315 e. The highest BCUT2D eigenvalue weighted by Gasteiger charge is 2.15. The maximum Gasteiger partial charge on any atom is 0.315 e. The van der Waals surface area contributed by atoms with E-state index in [9.17, 15) is 9.59 Å². The van der Waals surface area contributed by atoms with Gasteiger partial charge in [-0.05, 0) is 24.5 Å². The molecule has 1 atom stereocenters. The molecule has 1 heterocycles. The molecule has 0 spiro atoms. The normalized spacial score (nSPS) is 11.7. The minimum absolute atomic E-state index is 0.126. The lowest BCUT2D eigenvalue weighted by Crippen LogP contribution is -2.39. The first-order chi connectivity index (χ1) is 9.58. The van der Waals surface area contributed by atoms with Crippen molar-refractivity contribution in [2.45, 2.75) is 33.2 Å². The summed E-state index contributed by atoms with van der Waals surface area (Å²) in [6.07, 6.45) is 3.02. The van der Waals surface area contributed by atoms with Crippen molar-refractivity contribution in [3.8, 4) is 0 Å². The summed E-state index contributed by atoms with van der Waals surface area (Å²) in [4.78, 5) is 26.7. The third-order valence-electron chi connectivity index (χ3n) is 3.13. The van der Waals surface area contributed by atoms with Gasteiger partial charge < -0.3 is 15.7 Å². The molecule has 1 aromatic heterocycles. The van der Waals surface area contributed by atoms with Crippen molar-refractivity contribution in [1.82, 2.24) is 15.6 Å². The Morgan fingerprint density at radius 2 is 2.10 bits per heavy atom. The van der Waals surface area contributed by atoms with Crippen LogP contribution in [0.5, 0.6) is 0 Å². The summed E-state index contributed by atoms with van der Waals surface area (Å²) < 4.78 is 0. The quantitative estimate of drug-likeness (QED) is 0.706. The molecule has 6 heteroatoms. The predicted octanol–water partition coefficient (Wildman–Crippen LogP) is 1.55. The van der Waals surface area contributed by atoms with Crippen LogP contribution < -0.4 is 10.6 Å². The lowest BCUT2D eigenvalue weighted by atomic mass is 10.1. The van der Waals surface area contributed by atoms with Gasteiger partial charge in [0.25, 0.3) is 0 Å². The molecule has 6 nitrogen and oxygen atoms in total. The number of nitrogens with zero attached hydrogens (tertiary/aromatic N) is 1.